The van der Waals surface area contributed by atoms with Gasteiger partial charge in [0.25, 0.3) is 0 Å². The molecule has 1 saturated carbocycles. The van der Waals surface area contributed by atoms with Crippen molar-refractivity contribution in [2.75, 3.05) is 13.1 Å². The lowest BCUT2D eigenvalue weighted by Crippen LogP contribution is -2.47. The molecule has 3 nitrogen and oxygen atoms in total. The number of nitrogens with two attached hydrogens (primary N) is 1. The maximum atomic E-state index is 12.1. The lowest BCUT2D eigenvalue weighted by molar-refractivity contribution is -0.202. The second-order valence-electron chi connectivity index (χ2n) is 4.35. The number of halogens is 3. The topological polar surface area (TPSA) is 58.3 Å². The zero-order chi connectivity index (χ0) is 12.2. The van der Waals surface area contributed by atoms with Gasteiger partial charge in [-0.3, -0.25) is 0 Å². The van der Waals surface area contributed by atoms with E-state index in [1.807, 2.05) is 0 Å². The molecule has 1 fully saturated rings. The Morgan fingerprint density at radius 1 is 1.31 bits per heavy atom. The second-order valence-corrected chi connectivity index (χ2v) is 4.35. The van der Waals surface area contributed by atoms with Crippen LogP contribution in [0.5, 0.6) is 0 Å². The molecule has 0 aromatic rings. The summed E-state index contributed by atoms with van der Waals surface area (Å²) in [6, 6.07) is 0.00995. The van der Waals surface area contributed by atoms with Crippen molar-refractivity contribution in [2.45, 2.75) is 44.0 Å². The molecule has 0 aromatic carbocycles. The first-order valence-electron chi connectivity index (χ1n) is 5.63. The maximum Gasteiger partial charge on any atom is 0.415 e. The molecule has 0 heterocycles. The average Bonchev–Trinajstić information content (AvgIpc) is 2.24. The molecule has 4 N–H and O–H groups in total. The van der Waals surface area contributed by atoms with E-state index >= 15 is 0 Å². The number of hydrogen-bond acceptors (Lipinski definition) is 3. The first kappa shape index (κ1) is 13.7. The van der Waals surface area contributed by atoms with Gasteiger partial charge in [-0.1, -0.05) is 12.8 Å². The third kappa shape index (κ3) is 3.92. The van der Waals surface area contributed by atoms with Crippen molar-refractivity contribution < 1.29 is 18.3 Å². The molecule has 1 aliphatic carbocycles. The molecular weight excluding hydrogens is 221 g/mol. The third-order valence-electron chi connectivity index (χ3n) is 3.16. The van der Waals surface area contributed by atoms with Gasteiger partial charge in [0.15, 0.2) is 6.10 Å². The minimum atomic E-state index is -4.54. The van der Waals surface area contributed by atoms with E-state index in [0.29, 0.717) is 6.54 Å². The standard InChI is InChI=1S/C10H19F3N2O/c11-10(12,13)9(16)6-15-8-4-2-1-3-7(8)5-14/h7-9,15-16H,1-6,14H2. The van der Waals surface area contributed by atoms with Gasteiger partial charge in [-0.15, -0.1) is 0 Å². The fourth-order valence-corrected chi connectivity index (χ4v) is 2.14. The monoisotopic (exact) mass is 240 g/mol. The van der Waals surface area contributed by atoms with Crippen molar-refractivity contribution in [3.63, 3.8) is 0 Å². The van der Waals surface area contributed by atoms with Crippen molar-refractivity contribution in [1.29, 1.82) is 0 Å². The number of rotatable bonds is 4. The molecule has 3 atom stereocenters. The molecule has 1 aliphatic rings. The maximum absolute atomic E-state index is 12.1. The Kier molecular flexibility index (Phi) is 5.01. The van der Waals surface area contributed by atoms with E-state index in [4.69, 9.17) is 10.8 Å². The normalized spacial score (nSPS) is 29.1. The Bertz CT molecular complexity index is 211. The molecule has 0 radical (unpaired) electrons. The smallest absolute Gasteiger partial charge is 0.382 e. The Hall–Kier alpha value is -0.330. The molecule has 0 spiro atoms. The summed E-state index contributed by atoms with van der Waals surface area (Å²) in [5.74, 6) is 0.231. The van der Waals surface area contributed by atoms with Crippen LogP contribution in [0.1, 0.15) is 25.7 Å². The molecule has 6 heteroatoms. The third-order valence-corrected chi connectivity index (χ3v) is 3.16. The quantitative estimate of drug-likeness (QED) is 0.687. The van der Waals surface area contributed by atoms with Crippen molar-refractivity contribution in [3.8, 4) is 0 Å². The molecule has 96 valence electrons. The van der Waals surface area contributed by atoms with Crippen molar-refractivity contribution in [1.82, 2.24) is 5.32 Å². The van der Waals surface area contributed by atoms with E-state index in [0.717, 1.165) is 25.7 Å². The fourth-order valence-electron chi connectivity index (χ4n) is 2.14. The van der Waals surface area contributed by atoms with Gasteiger partial charge in [-0.2, -0.15) is 13.2 Å². The summed E-state index contributed by atoms with van der Waals surface area (Å²) >= 11 is 0. The molecule has 0 aromatic heterocycles. The van der Waals surface area contributed by atoms with Gasteiger partial charge in [-0.25, -0.2) is 0 Å². The molecule has 0 amide bonds. The zero-order valence-corrected chi connectivity index (χ0v) is 9.13. The van der Waals surface area contributed by atoms with Crippen LogP contribution in [0, 0.1) is 5.92 Å². The van der Waals surface area contributed by atoms with Crippen LogP contribution in [0.15, 0.2) is 0 Å². The first-order valence-corrected chi connectivity index (χ1v) is 5.63. The van der Waals surface area contributed by atoms with Crippen molar-refractivity contribution in [2.24, 2.45) is 11.7 Å². The first-order chi connectivity index (χ1) is 7.45. The lowest BCUT2D eigenvalue weighted by atomic mass is 9.84. The Morgan fingerprint density at radius 2 is 1.94 bits per heavy atom. The zero-order valence-electron chi connectivity index (χ0n) is 9.13. The summed E-state index contributed by atoms with van der Waals surface area (Å²) in [6.07, 6.45) is -2.94. The van der Waals surface area contributed by atoms with Crippen molar-refractivity contribution in [3.05, 3.63) is 0 Å². The van der Waals surface area contributed by atoms with Gasteiger partial charge < -0.3 is 16.2 Å². The van der Waals surface area contributed by atoms with Gasteiger partial charge in [0.2, 0.25) is 0 Å². The summed E-state index contributed by atoms with van der Waals surface area (Å²) in [4.78, 5) is 0. The van der Waals surface area contributed by atoms with Gasteiger partial charge in [0.1, 0.15) is 0 Å². The van der Waals surface area contributed by atoms with Crippen LogP contribution in [0.25, 0.3) is 0 Å². The summed E-state index contributed by atoms with van der Waals surface area (Å²) in [7, 11) is 0. The Balaban J connectivity index is 2.35. The summed E-state index contributed by atoms with van der Waals surface area (Å²) in [5, 5.41) is 11.6. The van der Waals surface area contributed by atoms with E-state index in [-0.39, 0.29) is 12.0 Å². The second kappa shape index (κ2) is 5.84. The number of alkyl halides is 3. The number of aliphatic hydroxyl groups excluding tert-OH is 1. The predicted molar refractivity (Wildman–Crippen MR) is 54.9 cm³/mol. The minimum Gasteiger partial charge on any atom is -0.382 e. The van der Waals surface area contributed by atoms with E-state index in [9.17, 15) is 13.2 Å². The average molecular weight is 240 g/mol. The van der Waals surface area contributed by atoms with Gasteiger partial charge in [-0.05, 0) is 25.3 Å². The summed E-state index contributed by atoms with van der Waals surface area (Å²) < 4.78 is 36.2. The van der Waals surface area contributed by atoms with Crippen LogP contribution in [-0.2, 0) is 0 Å². The van der Waals surface area contributed by atoms with E-state index in [1.165, 1.54) is 0 Å². The SMILES string of the molecule is NCC1CCCCC1NCC(O)C(F)(F)F. The van der Waals surface area contributed by atoms with Crippen LogP contribution in [0.3, 0.4) is 0 Å². The molecule has 0 aliphatic heterocycles. The molecule has 1 rings (SSSR count). The number of aliphatic hydroxyl groups is 1. The highest BCUT2D eigenvalue weighted by Crippen LogP contribution is 2.24. The van der Waals surface area contributed by atoms with Gasteiger partial charge in [0, 0.05) is 12.6 Å². The molecule has 0 saturated heterocycles. The highest BCUT2D eigenvalue weighted by atomic mass is 19.4. The van der Waals surface area contributed by atoms with Gasteiger partial charge >= 0.3 is 6.18 Å². The van der Waals surface area contributed by atoms with Crippen molar-refractivity contribution >= 4 is 0 Å². The van der Waals surface area contributed by atoms with Crippen LogP contribution in [0.4, 0.5) is 13.2 Å². The van der Waals surface area contributed by atoms with E-state index in [1.54, 1.807) is 0 Å². The minimum absolute atomic E-state index is 0.00995. The number of nitrogens with one attached hydrogen (secondary N) is 1. The summed E-state index contributed by atoms with van der Waals surface area (Å²) in [5.41, 5.74) is 5.56. The van der Waals surface area contributed by atoms with E-state index < -0.39 is 18.8 Å². The molecule has 3 unspecified atom stereocenters. The lowest BCUT2D eigenvalue weighted by Gasteiger charge is -2.32. The largest absolute Gasteiger partial charge is 0.415 e. The van der Waals surface area contributed by atoms with E-state index in [2.05, 4.69) is 5.32 Å². The molecule has 0 bridgehead atoms. The van der Waals surface area contributed by atoms with Crippen LogP contribution in [-0.4, -0.2) is 36.5 Å². The fraction of sp³-hybridized carbons (Fsp3) is 1.00. The summed E-state index contributed by atoms with van der Waals surface area (Å²) in [6.45, 7) is 0.0461. The molecule has 16 heavy (non-hydrogen) atoms. The number of hydrogen-bond donors (Lipinski definition) is 3. The van der Waals surface area contributed by atoms with Gasteiger partial charge in [0.05, 0.1) is 0 Å². The predicted octanol–water partition coefficient (Wildman–Crippen LogP) is 1.02. The van der Waals surface area contributed by atoms with Crippen LogP contribution < -0.4 is 11.1 Å². The Labute approximate surface area is 93.2 Å². The highest BCUT2D eigenvalue weighted by Gasteiger charge is 2.38. The highest BCUT2D eigenvalue weighted by molar-refractivity contribution is 4.83. The van der Waals surface area contributed by atoms with Crippen LogP contribution >= 0.6 is 0 Å². The molecular formula is C10H19F3N2O. The van der Waals surface area contributed by atoms with Crippen LogP contribution in [0.2, 0.25) is 0 Å². The Morgan fingerprint density at radius 3 is 2.50 bits per heavy atom.